The number of hydrogen-bond donors (Lipinski definition) is 0. The minimum Gasteiger partial charge on any atom is -0.494 e. The fraction of sp³-hybridized carbons (Fsp3) is 0.629. The van der Waals surface area contributed by atoms with E-state index in [1.165, 1.54) is 63.4 Å². The normalized spacial score (nSPS) is 31.9. The maximum atomic E-state index is 12.6. The molecule has 2 fully saturated rings. The standard InChI is InChI=1S/C35H46O2/c1-34(21-18-25-10-6-7-11-31(25)34)20-8-4-3-5-9-23-37-27-13-15-28-26(24-27)12-14-30-29(28)19-22-35(2)32(30)16-17-33(35)36/h6-7,10-11,13,15,24,29-30,32H,3-5,8-9,12,14,16-23H2,1-2H3/t29-,30-,32+,34+,35+/m1/s1. The molecule has 2 aromatic rings. The third kappa shape index (κ3) is 4.68. The molecular weight excluding hydrogens is 452 g/mol. The molecule has 0 radical (unpaired) electrons. The summed E-state index contributed by atoms with van der Waals surface area (Å²) in [6.45, 7) is 5.58. The van der Waals surface area contributed by atoms with Crippen molar-refractivity contribution in [3.8, 4) is 5.75 Å². The number of fused-ring (bicyclic) bond motifs is 6. The van der Waals surface area contributed by atoms with E-state index in [1.807, 2.05) is 0 Å². The molecule has 2 saturated carbocycles. The van der Waals surface area contributed by atoms with Crippen molar-refractivity contribution in [2.75, 3.05) is 6.61 Å². The Morgan fingerprint density at radius 2 is 1.68 bits per heavy atom. The Morgan fingerprint density at radius 3 is 2.59 bits per heavy atom. The van der Waals surface area contributed by atoms with E-state index < -0.39 is 0 Å². The van der Waals surface area contributed by atoms with Crippen molar-refractivity contribution in [3.63, 3.8) is 0 Å². The smallest absolute Gasteiger partial charge is 0.139 e. The summed E-state index contributed by atoms with van der Waals surface area (Å²) in [6, 6.07) is 16.0. The highest BCUT2D eigenvalue weighted by molar-refractivity contribution is 5.87. The lowest BCUT2D eigenvalue weighted by Crippen LogP contribution is -2.42. The second-order valence-electron chi connectivity index (χ2n) is 13.3. The third-order valence-corrected chi connectivity index (χ3v) is 11.2. The summed E-state index contributed by atoms with van der Waals surface area (Å²) >= 11 is 0. The summed E-state index contributed by atoms with van der Waals surface area (Å²) < 4.78 is 6.21. The van der Waals surface area contributed by atoms with Crippen LogP contribution >= 0.6 is 0 Å². The Bertz CT molecular complexity index is 1130. The molecule has 0 aromatic heterocycles. The lowest BCUT2D eigenvalue weighted by molar-refractivity contribution is -0.129. The molecular formula is C35H46O2. The summed E-state index contributed by atoms with van der Waals surface area (Å²) in [5, 5.41) is 0. The van der Waals surface area contributed by atoms with Gasteiger partial charge in [-0.25, -0.2) is 0 Å². The fourth-order valence-corrected chi connectivity index (χ4v) is 8.89. The van der Waals surface area contributed by atoms with E-state index in [0.29, 0.717) is 29.0 Å². The lowest BCUT2D eigenvalue weighted by Gasteiger charge is -2.48. The van der Waals surface area contributed by atoms with Crippen LogP contribution in [0.5, 0.6) is 5.75 Å². The molecule has 0 aliphatic heterocycles. The molecule has 0 amide bonds. The molecule has 4 aliphatic rings. The van der Waals surface area contributed by atoms with E-state index in [0.717, 1.165) is 44.5 Å². The number of unbranched alkanes of at least 4 members (excludes halogenated alkanes) is 4. The van der Waals surface area contributed by atoms with E-state index in [-0.39, 0.29) is 5.41 Å². The molecule has 6 rings (SSSR count). The number of carbonyl (C=O) groups excluding carboxylic acids is 1. The summed E-state index contributed by atoms with van der Waals surface area (Å²) in [4.78, 5) is 12.6. The van der Waals surface area contributed by atoms with Crippen LogP contribution in [-0.4, -0.2) is 12.4 Å². The summed E-state index contributed by atoms with van der Waals surface area (Å²) in [5.41, 5.74) is 6.63. The van der Waals surface area contributed by atoms with Gasteiger partial charge in [-0.15, -0.1) is 0 Å². The molecule has 0 N–H and O–H groups in total. The molecule has 198 valence electrons. The Labute approximate surface area is 224 Å². The summed E-state index contributed by atoms with van der Waals surface area (Å²) in [6.07, 6.45) is 16.9. The highest BCUT2D eigenvalue weighted by Crippen LogP contribution is 2.59. The van der Waals surface area contributed by atoms with Crippen LogP contribution in [0.3, 0.4) is 0 Å². The van der Waals surface area contributed by atoms with Crippen LogP contribution in [-0.2, 0) is 23.1 Å². The number of Topliss-reactive ketones (excluding diaryl/α,β-unsaturated/α-hetero) is 1. The predicted molar refractivity (Wildman–Crippen MR) is 151 cm³/mol. The van der Waals surface area contributed by atoms with Crippen LogP contribution < -0.4 is 4.74 Å². The van der Waals surface area contributed by atoms with Gasteiger partial charge in [-0.1, -0.05) is 69.9 Å². The largest absolute Gasteiger partial charge is 0.494 e. The number of ketones is 1. The van der Waals surface area contributed by atoms with Gasteiger partial charge < -0.3 is 4.74 Å². The third-order valence-electron chi connectivity index (χ3n) is 11.2. The highest BCUT2D eigenvalue weighted by atomic mass is 16.5. The number of carbonyl (C=O) groups is 1. The molecule has 2 aromatic carbocycles. The van der Waals surface area contributed by atoms with Gasteiger partial charge in [-0.05, 0) is 115 Å². The summed E-state index contributed by atoms with van der Waals surface area (Å²) in [5.74, 6) is 3.57. The number of hydrogen-bond acceptors (Lipinski definition) is 2. The van der Waals surface area contributed by atoms with Gasteiger partial charge in [0.2, 0.25) is 0 Å². The minimum absolute atomic E-state index is 0.0262. The molecule has 2 heteroatoms. The fourth-order valence-electron chi connectivity index (χ4n) is 8.89. The highest BCUT2D eigenvalue weighted by Gasteiger charge is 2.54. The van der Waals surface area contributed by atoms with Gasteiger partial charge in [0.05, 0.1) is 6.61 Å². The SMILES string of the molecule is C[C@]1(CCCCCCCOc2ccc3c(c2)CC[C@@H]2[C@@H]3CC[C@]3(C)C(=O)CC[C@@H]23)CCc2ccccc21. The zero-order valence-electron chi connectivity index (χ0n) is 23.2. The van der Waals surface area contributed by atoms with Crippen LogP contribution in [0.1, 0.15) is 119 Å². The molecule has 5 atom stereocenters. The Kier molecular flexibility index (Phi) is 6.97. The molecule has 0 bridgehead atoms. The number of benzene rings is 2. The second kappa shape index (κ2) is 10.2. The van der Waals surface area contributed by atoms with Crippen LogP contribution in [0.4, 0.5) is 0 Å². The molecule has 0 saturated heterocycles. The van der Waals surface area contributed by atoms with Gasteiger partial charge in [0.15, 0.2) is 0 Å². The topological polar surface area (TPSA) is 26.3 Å². The van der Waals surface area contributed by atoms with Crippen LogP contribution in [0.25, 0.3) is 0 Å². The first-order valence-electron chi connectivity index (χ1n) is 15.4. The van der Waals surface area contributed by atoms with Gasteiger partial charge in [0.1, 0.15) is 11.5 Å². The molecule has 0 heterocycles. The number of ether oxygens (including phenoxy) is 1. The van der Waals surface area contributed by atoms with Gasteiger partial charge in [0.25, 0.3) is 0 Å². The van der Waals surface area contributed by atoms with Crippen molar-refractivity contribution < 1.29 is 9.53 Å². The van der Waals surface area contributed by atoms with Crippen molar-refractivity contribution >= 4 is 5.78 Å². The van der Waals surface area contributed by atoms with Crippen LogP contribution in [0.15, 0.2) is 42.5 Å². The second-order valence-corrected chi connectivity index (χ2v) is 13.3. The quantitative estimate of drug-likeness (QED) is 0.323. The van der Waals surface area contributed by atoms with Crippen LogP contribution in [0, 0.1) is 17.3 Å². The van der Waals surface area contributed by atoms with Crippen molar-refractivity contribution in [2.24, 2.45) is 17.3 Å². The van der Waals surface area contributed by atoms with Gasteiger partial charge in [-0.3, -0.25) is 4.79 Å². The van der Waals surface area contributed by atoms with Gasteiger partial charge >= 0.3 is 0 Å². The predicted octanol–water partition coefficient (Wildman–Crippen LogP) is 8.74. The Hall–Kier alpha value is -2.09. The Balaban J connectivity index is 0.927. The molecule has 0 spiro atoms. The maximum absolute atomic E-state index is 12.6. The van der Waals surface area contributed by atoms with Crippen molar-refractivity contribution in [2.45, 2.75) is 115 Å². The first-order chi connectivity index (χ1) is 18.0. The van der Waals surface area contributed by atoms with Crippen molar-refractivity contribution in [1.82, 2.24) is 0 Å². The van der Waals surface area contributed by atoms with E-state index in [1.54, 1.807) is 16.7 Å². The van der Waals surface area contributed by atoms with E-state index in [2.05, 4.69) is 56.3 Å². The number of aryl methyl sites for hydroxylation is 2. The van der Waals surface area contributed by atoms with E-state index in [4.69, 9.17) is 4.74 Å². The first kappa shape index (κ1) is 25.2. The van der Waals surface area contributed by atoms with Crippen molar-refractivity contribution in [1.29, 1.82) is 0 Å². The van der Waals surface area contributed by atoms with E-state index >= 15 is 0 Å². The zero-order valence-corrected chi connectivity index (χ0v) is 23.2. The average molecular weight is 499 g/mol. The van der Waals surface area contributed by atoms with Crippen LogP contribution in [0.2, 0.25) is 0 Å². The monoisotopic (exact) mass is 498 g/mol. The zero-order chi connectivity index (χ0) is 25.5. The van der Waals surface area contributed by atoms with Gasteiger partial charge in [0, 0.05) is 11.8 Å². The molecule has 2 nitrogen and oxygen atoms in total. The van der Waals surface area contributed by atoms with Crippen molar-refractivity contribution in [3.05, 3.63) is 64.7 Å². The Morgan fingerprint density at radius 1 is 0.838 bits per heavy atom. The first-order valence-corrected chi connectivity index (χ1v) is 15.4. The number of rotatable bonds is 9. The van der Waals surface area contributed by atoms with E-state index in [9.17, 15) is 4.79 Å². The molecule has 0 unspecified atom stereocenters. The minimum atomic E-state index is -0.0262. The molecule has 4 aliphatic carbocycles. The average Bonchev–Trinajstić information content (AvgIpc) is 3.41. The summed E-state index contributed by atoms with van der Waals surface area (Å²) in [7, 11) is 0. The molecule has 37 heavy (non-hydrogen) atoms. The van der Waals surface area contributed by atoms with Gasteiger partial charge in [-0.2, -0.15) is 0 Å². The lowest BCUT2D eigenvalue weighted by atomic mass is 9.55. The maximum Gasteiger partial charge on any atom is 0.139 e.